The third-order valence-corrected chi connectivity index (χ3v) is 4.49. The second-order valence-corrected chi connectivity index (χ2v) is 6.31. The number of hydrogen-bond acceptors (Lipinski definition) is 6. The highest BCUT2D eigenvalue weighted by Gasteiger charge is 2.47. The molecule has 0 bridgehead atoms. The zero-order valence-corrected chi connectivity index (χ0v) is 13.6. The van der Waals surface area contributed by atoms with Crippen LogP contribution in [0.3, 0.4) is 0 Å². The average molecular weight is 377 g/mol. The zero-order chi connectivity index (χ0) is 19.3. The SMILES string of the molecule is O=C([O-])c1cnn2ccc(N3CC(F)(F)CC3c3cc(F)ccc3O)nc12. The van der Waals surface area contributed by atoms with Crippen LogP contribution in [0.1, 0.15) is 28.4 Å². The maximum absolute atomic E-state index is 14.1. The molecule has 4 rings (SSSR count). The van der Waals surface area contributed by atoms with Crippen LogP contribution in [0.15, 0.2) is 36.7 Å². The summed E-state index contributed by atoms with van der Waals surface area (Å²) in [4.78, 5) is 16.5. The number of carbonyl (C=O) groups is 1. The highest BCUT2D eigenvalue weighted by molar-refractivity contribution is 5.92. The van der Waals surface area contributed by atoms with Gasteiger partial charge in [-0.25, -0.2) is 22.7 Å². The van der Waals surface area contributed by atoms with Gasteiger partial charge in [-0.3, -0.25) is 0 Å². The molecule has 1 aliphatic rings. The summed E-state index contributed by atoms with van der Waals surface area (Å²) >= 11 is 0. The molecule has 3 aromatic rings. The summed E-state index contributed by atoms with van der Waals surface area (Å²) < 4.78 is 43.1. The molecule has 3 heterocycles. The van der Waals surface area contributed by atoms with Crippen molar-refractivity contribution < 1.29 is 28.2 Å². The highest BCUT2D eigenvalue weighted by atomic mass is 19.3. The number of aromatic hydroxyl groups is 1. The van der Waals surface area contributed by atoms with Gasteiger partial charge in [0, 0.05) is 18.2 Å². The third kappa shape index (κ3) is 2.92. The average Bonchev–Trinajstić information content (AvgIpc) is 3.17. The first-order valence-electron chi connectivity index (χ1n) is 7.94. The molecular formula is C17H12F3N4O3-. The van der Waals surface area contributed by atoms with Crippen molar-refractivity contribution in [3.05, 3.63) is 53.6 Å². The minimum absolute atomic E-state index is 0.00230. The van der Waals surface area contributed by atoms with E-state index in [0.717, 1.165) is 24.4 Å². The summed E-state index contributed by atoms with van der Waals surface area (Å²) in [6, 6.07) is 3.47. The van der Waals surface area contributed by atoms with Crippen molar-refractivity contribution in [3.8, 4) is 5.75 Å². The molecule has 1 atom stereocenters. The van der Waals surface area contributed by atoms with Crippen molar-refractivity contribution in [3.63, 3.8) is 0 Å². The number of halogens is 3. The summed E-state index contributed by atoms with van der Waals surface area (Å²) in [7, 11) is 0. The molecule has 0 aliphatic carbocycles. The van der Waals surface area contributed by atoms with E-state index < -0.39 is 36.7 Å². The van der Waals surface area contributed by atoms with E-state index in [1.165, 1.54) is 21.7 Å². The monoisotopic (exact) mass is 377 g/mol. The molecule has 1 fully saturated rings. The van der Waals surface area contributed by atoms with Gasteiger partial charge < -0.3 is 19.9 Å². The number of hydrogen-bond donors (Lipinski definition) is 1. The Hall–Kier alpha value is -3.30. The molecule has 1 aromatic carbocycles. The Kier molecular flexibility index (Phi) is 3.72. The Labute approximate surface area is 150 Å². The number of phenolic OH excluding ortho intramolecular Hbond substituents is 1. The summed E-state index contributed by atoms with van der Waals surface area (Å²) in [5.41, 5.74) is -0.347. The first-order valence-corrected chi connectivity index (χ1v) is 7.94. The minimum atomic E-state index is -3.10. The smallest absolute Gasteiger partial charge is 0.267 e. The summed E-state index contributed by atoms with van der Waals surface area (Å²) in [6.07, 6.45) is 1.78. The predicted molar refractivity (Wildman–Crippen MR) is 85.0 cm³/mol. The number of rotatable bonds is 3. The van der Waals surface area contributed by atoms with E-state index in [1.54, 1.807) is 0 Å². The Bertz CT molecular complexity index is 1050. The van der Waals surface area contributed by atoms with E-state index in [1.807, 2.05) is 0 Å². The number of alkyl halides is 2. The molecule has 140 valence electrons. The summed E-state index contributed by atoms with van der Waals surface area (Å²) in [6.45, 7) is -0.717. The quantitative estimate of drug-likeness (QED) is 0.744. The second-order valence-electron chi connectivity index (χ2n) is 6.31. The molecule has 2 aromatic heterocycles. The largest absolute Gasteiger partial charge is 0.545 e. The van der Waals surface area contributed by atoms with E-state index in [4.69, 9.17) is 0 Å². The van der Waals surface area contributed by atoms with Gasteiger partial charge in [-0.1, -0.05) is 0 Å². The number of carboxylic acid groups (broad SMARTS) is 1. The molecule has 1 N–H and O–H groups in total. The Morgan fingerprint density at radius 2 is 2.11 bits per heavy atom. The van der Waals surface area contributed by atoms with Crippen molar-refractivity contribution in [2.75, 3.05) is 11.4 Å². The molecule has 1 saturated heterocycles. The fourth-order valence-corrected chi connectivity index (χ4v) is 3.29. The number of anilines is 1. The van der Waals surface area contributed by atoms with Crippen molar-refractivity contribution in [1.29, 1.82) is 0 Å². The van der Waals surface area contributed by atoms with Gasteiger partial charge in [0.2, 0.25) is 0 Å². The molecule has 0 saturated carbocycles. The zero-order valence-electron chi connectivity index (χ0n) is 13.6. The maximum atomic E-state index is 14.1. The van der Waals surface area contributed by atoms with Gasteiger partial charge in [-0.2, -0.15) is 5.10 Å². The summed E-state index contributed by atoms with van der Waals surface area (Å²) in [5, 5.41) is 25.0. The number of carboxylic acids is 1. The number of phenols is 1. The van der Waals surface area contributed by atoms with Crippen molar-refractivity contribution in [2.45, 2.75) is 18.4 Å². The van der Waals surface area contributed by atoms with Gasteiger partial charge in [0.15, 0.2) is 5.65 Å². The van der Waals surface area contributed by atoms with Gasteiger partial charge in [-0.15, -0.1) is 0 Å². The molecule has 1 aliphatic heterocycles. The molecule has 27 heavy (non-hydrogen) atoms. The molecule has 0 radical (unpaired) electrons. The fraction of sp³-hybridized carbons (Fsp3) is 0.235. The van der Waals surface area contributed by atoms with Crippen LogP contribution >= 0.6 is 0 Å². The van der Waals surface area contributed by atoms with E-state index in [9.17, 15) is 28.2 Å². The normalized spacial score (nSPS) is 18.9. The lowest BCUT2D eigenvalue weighted by Gasteiger charge is -2.26. The van der Waals surface area contributed by atoms with E-state index >= 15 is 0 Å². The van der Waals surface area contributed by atoms with Crippen molar-refractivity contribution in [2.24, 2.45) is 0 Å². The first-order chi connectivity index (χ1) is 12.7. The fourth-order valence-electron chi connectivity index (χ4n) is 3.29. The van der Waals surface area contributed by atoms with Crippen LogP contribution in [-0.4, -0.2) is 38.1 Å². The number of carbonyl (C=O) groups excluding carboxylic acids is 1. The van der Waals surface area contributed by atoms with Crippen LogP contribution in [0.4, 0.5) is 19.0 Å². The van der Waals surface area contributed by atoms with Crippen LogP contribution in [0, 0.1) is 5.82 Å². The standard InChI is InChI=1S/C17H13F3N4O3/c18-9-1-2-13(25)10(5-9)12-6-17(19,20)8-23(12)14-3-4-24-15(22-14)11(7-21-24)16(26)27/h1-5,7,12,25H,6,8H2,(H,26,27)/p-1. The number of benzene rings is 1. The molecule has 7 nitrogen and oxygen atoms in total. The van der Waals surface area contributed by atoms with E-state index in [2.05, 4.69) is 10.1 Å². The second kappa shape index (κ2) is 5.86. The Morgan fingerprint density at radius 1 is 1.33 bits per heavy atom. The van der Waals surface area contributed by atoms with Crippen molar-refractivity contribution in [1.82, 2.24) is 14.6 Å². The lowest BCUT2D eigenvalue weighted by Crippen LogP contribution is -2.28. The number of aromatic carboxylic acids is 1. The first kappa shape index (κ1) is 17.1. The number of fused-ring (bicyclic) bond motifs is 1. The topological polar surface area (TPSA) is 93.8 Å². The van der Waals surface area contributed by atoms with Gasteiger partial charge >= 0.3 is 0 Å². The Morgan fingerprint density at radius 3 is 2.85 bits per heavy atom. The minimum Gasteiger partial charge on any atom is -0.545 e. The number of nitrogens with zero attached hydrogens (tertiary/aromatic N) is 4. The molecule has 1 unspecified atom stereocenters. The van der Waals surface area contributed by atoms with E-state index in [0.29, 0.717) is 0 Å². The molecule has 0 spiro atoms. The van der Waals surface area contributed by atoms with Crippen LogP contribution in [0.25, 0.3) is 5.65 Å². The van der Waals surface area contributed by atoms with Gasteiger partial charge in [0.25, 0.3) is 5.92 Å². The van der Waals surface area contributed by atoms with E-state index in [-0.39, 0.29) is 28.3 Å². The van der Waals surface area contributed by atoms with Crippen LogP contribution < -0.4 is 10.0 Å². The van der Waals surface area contributed by atoms with Crippen LogP contribution in [0.2, 0.25) is 0 Å². The van der Waals surface area contributed by atoms with Crippen LogP contribution in [0.5, 0.6) is 5.75 Å². The lowest BCUT2D eigenvalue weighted by atomic mass is 10.0. The number of aromatic nitrogens is 3. The highest BCUT2D eigenvalue weighted by Crippen LogP contribution is 2.45. The third-order valence-electron chi connectivity index (χ3n) is 4.49. The van der Waals surface area contributed by atoms with Gasteiger partial charge in [0.05, 0.1) is 30.3 Å². The predicted octanol–water partition coefficient (Wildman–Crippen LogP) is 1.52. The molecule has 0 amide bonds. The Balaban J connectivity index is 1.82. The van der Waals surface area contributed by atoms with Crippen LogP contribution in [-0.2, 0) is 0 Å². The lowest BCUT2D eigenvalue weighted by molar-refractivity contribution is -0.254. The summed E-state index contributed by atoms with van der Waals surface area (Å²) in [5.74, 6) is -5.53. The van der Waals surface area contributed by atoms with Gasteiger partial charge in [-0.05, 0) is 24.3 Å². The molecular weight excluding hydrogens is 365 g/mol. The maximum Gasteiger partial charge on any atom is 0.267 e. The van der Waals surface area contributed by atoms with Crippen molar-refractivity contribution >= 4 is 17.4 Å². The molecule has 10 heteroatoms. The van der Waals surface area contributed by atoms with Gasteiger partial charge in [0.1, 0.15) is 17.4 Å².